The number of aliphatic hydroxyl groups is 1. The van der Waals surface area contributed by atoms with Crippen molar-refractivity contribution in [3.63, 3.8) is 0 Å². The number of carbonyl (C=O) groups is 1. The molecule has 1 aromatic carbocycles. The molecule has 18 heavy (non-hydrogen) atoms. The Morgan fingerprint density at radius 1 is 1.22 bits per heavy atom. The fourth-order valence-electron chi connectivity index (χ4n) is 1.47. The molecule has 100 valence electrons. The van der Waals surface area contributed by atoms with Gasteiger partial charge in [0.1, 0.15) is 5.75 Å². The van der Waals surface area contributed by atoms with Crippen LogP contribution in [0, 0.1) is 0 Å². The van der Waals surface area contributed by atoms with Crippen LogP contribution in [0.25, 0.3) is 0 Å². The average molecular weight is 252 g/mol. The van der Waals surface area contributed by atoms with Crippen LogP contribution < -0.4 is 4.74 Å². The van der Waals surface area contributed by atoms with Crippen molar-refractivity contribution in [1.82, 2.24) is 0 Å². The first-order valence-electron chi connectivity index (χ1n) is 6.24. The van der Waals surface area contributed by atoms with Gasteiger partial charge in [0.25, 0.3) is 0 Å². The van der Waals surface area contributed by atoms with Gasteiger partial charge in [-0.15, -0.1) is 0 Å². The van der Waals surface area contributed by atoms with Crippen LogP contribution in [-0.2, 0) is 16.0 Å². The van der Waals surface area contributed by atoms with Crippen LogP contribution >= 0.6 is 0 Å². The number of esters is 1. The molecule has 0 aliphatic heterocycles. The summed E-state index contributed by atoms with van der Waals surface area (Å²) in [4.78, 5) is 11.3. The lowest BCUT2D eigenvalue weighted by Gasteiger charge is -2.05. The molecule has 1 rings (SSSR count). The predicted octanol–water partition coefficient (Wildman–Crippen LogP) is 1.94. The monoisotopic (exact) mass is 252 g/mol. The number of ether oxygens (including phenoxy) is 2. The zero-order valence-electron chi connectivity index (χ0n) is 10.7. The van der Waals surface area contributed by atoms with Gasteiger partial charge < -0.3 is 14.6 Å². The lowest BCUT2D eigenvalue weighted by molar-refractivity contribution is -0.134. The van der Waals surface area contributed by atoms with Crippen LogP contribution in [0.1, 0.15) is 25.3 Å². The molecule has 0 atom stereocenters. The largest absolute Gasteiger partial charge is 0.427 e. The minimum atomic E-state index is -0.198. The zero-order chi connectivity index (χ0) is 13.2. The normalized spacial score (nSPS) is 10.3. The first-order chi connectivity index (χ1) is 8.76. The molecule has 4 heteroatoms. The molecule has 0 saturated heterocycles. The Kier molecular flexibility index (Phi) is 7.06. The fraction of sp³-hybridized carbons (Fsp3) is 0.500. The molecule has 0 fully saturated rings. The summed E-state index contributed by atoms with van der Waals surface area (Å²) >= 11 is 0. The SMILES string of the molecule is CCCC(=O)Oc1ccc(CCOCCO)cc1. The molecule has 0 heterocycles. The van der Waals surface area contributed by atoms with Gasteiger partial charge >= 0.3 is 5.97 Å². The second-order valence-corrected chi connectivity index (χ2v) is 3.95. The van der Waals surface area contributed by atoms with Crippen LogP contribution in [0.5, 0.6) is 5.75 Å². The van der Waals surface area contributed by atoms with E-state index in [-0.39, 0.29) is 12.6 Å². The van der Waals surface area contributed by atoms with E-state index in [0.29, 0.717) is 25.4 Å². The molecule has 0 bridgehead atoms. The van der Waals surface area contributed by atoms with Crippen molar-refractivity contribution in [3.05, 3.63) is 29.8 Å². The topological polar surface area (TPSA) is 55.8 Å². The summed E-state index contributed by atoms with van der Waals surface area (Å²) in [6.07, 6.45) is 2.01. The summed E-state index contributed by atoms with van der Waals surface area (Å²) in [6.45, 7) is 2.94. The zero-order valence-corrected chi connectivity index (χ0v) is 10.7. The molecule has 0 spiro atoms. The lowest BCUT2D eigenvalue weighted by atomic mass is 10.1. The smallest absolute Gasteiger partial charge is 0.311 e. The maximum Gasteiger partial charge on any atom is 0.311 e. The highest BCUT2D eigenvalue weighted by Crippen LogP contribution is 2.13. The van der Waals surface area contributed by atoms with E-state index in [2.05, 4.69) is 0 Å². The summed E-state index contributed by atoms with van der Waals surface area (Å²) in [5.74, 6) is 0.380. The molecular weight excluding hydrogens is 232 g/mol. The molecule has 0 unspecified atom stereocenters. The summed E-state index contributed by atoms with van der Waals surface area (Å²) in [7, 11) is 0. The van der Waals surface area contributed by atoms with Crippen molar-refractivity contribution in [2.75, 3.05) is 19.8 Å². The number of aliphatic hydroxyl groups excluding tert-OH is 1. The maximum absolute atomic E-state index is 11.3. The number of hydrogen-bond donors (Lipinski definition) is 1. The Hall–Kier alpha value is -1.39. The quantitative estimate of drug-likeness (QED) is 0.436. The first kappa shape index (κ1) is 14.7. The van der Waals surface area contributed by atoms with E-state index in [0.717, 1.165) is 18.4 Å². The fourth-order valence-corrected chi connectivity index (χ4v) is 1.47. The van der Waals surface area contributed by atoms with E-state index >= 15 is 0 Å². The lowest BCUT2D eigenvalue weighted by Crippen LogP contribution is -2.07. The van der Waals surface area contributed by atoms with Crippen LogP contribution in [-0.4, -0.2) is 30.9 Å². The highest BCUT2D eigenvalue weighted by Gasteiger charge is 2.03. The van der Waals surface area contributed by atoms with E-state index in [1.165, 1.54) is 0 Å². The van der Waals surface area contributed by atoms with Crippen molar-refractivity contribution in [1.29, 1.82) is 0 Å². The number of rotatable bonds is 8. The number of hydrogen-bond acceptors (Lipinski definition) is 4. The third kappa shape index (κ3) is 5.80. The van der Waals surface area contributed by atoms with E-state index in [9.17, 15) is 4.79 Å². The minimum Gasteiger partial charge on any atom is -0.427 e. The van der Waals surface area contributed by atoms with Crippen molar-refractivity contribution >= 4 is 5.97 Å². The van der Waals surface area contributed by atoms with Gasteiger partial charge in [0.05, 0.1) is 19.8 Å². The van der Waals surface area contributed by atoms with Crippen LogP contribution in [0.15, 0.2) is 24.3 Å². The van der Waals surface area contributed by atoms with Crippen molar-refractivity contribution in [3.8, 4) is 5.75 Å². The Balaban J connectivity index is 2.35. The van der Waals surface area contributed by atoms with E-state index < -0.39 is 0 Å². The van der Waals surface area contributed by atoms with Gasteiger partial charge in [0.15, 0.2) is 0 Å². The summed E-state index contributed by atoms with van der Waals surface area (Å²) in [5, 5.41) is 8.55. The van der Waals surface area contributed by atoms with E-state index in [1.54, 1.807) is 12.1 Å². The van der Waals surface area contributed by atoms with Gasteiger partial charge in [-0.1, -0.05) is 19.1 Å². The van der Waals surface area contributed by atoms with Gasteiger partial charge in [0, 0.05) is 6.42 Å². The molecule has 1 N–H and O–H groups in total. The highest BCUT2D eigenvalue weighted by atomic mass is 16.5. The molecular formula is C14H20O4. The first-order valence-corrected chi connectivity index (χ1v) is 6.24. The Bertz CT molecular complexity index is 345. The number of carbonyl (C=O) groups excluding carboxylic acids is 1. The van der Waals surface area contributed by atoms with Gasteiger partial charge in [-0.3, -0.25) is 4.79 Å². The molecule has 0 aliphatic carbocycles. The second-order valence-electron chi connectivity index (χ2n) is 3.95. The van der Waals surface area contributed by atoms with Gasteiger partial charge in [-0.2, -0.15) is 0 Å². The maximum atomic E-state index is 11.3. The summed E-state index contributed by atoms with van der Waals surface area (Å²) < 4.78 is 10.3. The molecule has 0 aromatic heterocycles. The van der Waals surface area contributed by atoms with Crippen LogP contribution in [0.2, 0.25) is 0 Å². The molecule has 0 amide bonds. The molecule has 0 aliphatic rings. The van der Waals surface area contributed by atoms with Gasteiger partial charge in [-0.05, 0) is 30.5 Å². The number of benzene rings is 1. The molecule has 0 radical (unpaired) electrons. The van der Waals surface area contributed by atoms with Crippen molar-refractivity contribution in [2.45, 2.75) is 26.2 Å². The highest BCUT2D eigenvalue weighted by molar-refractivity contribution is 5.72. The molecule has 1 aromatic rings. The van der Waals surface area contributed by atoms with Gasteiger partial charge in [0.2, 0.25) is 0 Å². The molecule has 4 nitrogen and oxygen atoms in total. The van der Waals surface area contributed by atoms with Crippen LogP contribution in [0.4, 0.5) is 0 Å². The third-order valence-corrected chi connectivity index (χ3v) is 2.38. The second kappa shape index (κ2) is 8.66. The van der Waals surface area contributed by atoms with E-state index in [1.807, 2.05) is 19.1 Å². The predicted molar refractivity (Wildman–Crippen MR) is 68.6 cm³/mol. The molecule has 0 saturated carbocycles. The Morgan fingerprint density at radius 2 is 1.94 bits per heavy atom. The van der Waals surface area contributed by atoms with Gasteiger partial charge in [-0.25, -0.2) is 0 Å². The average Bonchev–Trinajstić information content (AvgIpc) is 2.37. The standard InChI is InChI=1S/C14H20O4/c1-2-3-14(16)18-13-6-4-12(5-7-13)8-10-17-11-9-15/h4-7,15H,2-3,8-11H2,1H3. The minimum absolute atomic E-state index is 0.0479. The van der Waals surface area contributed by atoms with Crippen molar-refractivity contribution in [2.24, 2.45) is 0 Å². The third-order valence-electron chi connectivity index (χ3n) is 2.38. The van der Waals surface area contributed by atoms with Crippen molar-refractivity contribution < 1.29 is 19.4 Å². The van der Waals surface area contributed by atoms with E-state index in [4.69, 9.17) is 14.6 Å². The van der Waals surface area contributed by atoms with Crippen LogP contribution in [0.3, 0.4) is 0 Å². The summed E-state index contributed by atoms with van der Waals surface area (Å²) in [6, 6.07) is 7.40. The summed E-state index contributed by atoms with van der Waals surface area (Å²) in [5.41, 5.74) is 1.11. The Morgan fingerprint density at radius 3 is 2.56 bits per heavy atom. The Labute approximate surface area is 108 Å².